The van der Waals surface area contributed by atoms with Crippen molar-refractivity contribution in [3.63, 3.8) is 0 Å². The number of hydrogen-bond donors (Lipinski definition) is 2. The fourth-order valence-electron chi connectivity index (χ4n) is 4.97. The van der Waals surface area contributed by atoms with Gasteiger partial charge in [0.25, 0.3) is 11.5 Å². The lowest BCUT2D eigenvalue weighted by atomic mass is 10.0. The Morgan fingerprint density at radius 1 is 1.17 bits per heavy atom. The van der Waals surface area contributed by atoms with Gasteiger partial charge >= 0.3 is 6.09 Å². The molecule has 0 bridgehead atoms. The molecule has 3 aliphatic heterocycles. The van der Waals surface area contributed by atoms with Crippen LogP contribution in [-0.4, -0.2) is 53.9 Å². The van der Waals surface area contributed by atoms with E-state index in [0.717, 1.165) is 0 Å². The number of carbonyl (C=O) groups excluding carboxylic acids is 2. The highest BCUT2D eigenvalue weighted by molar-refractivity contribution is 5.97. The number of ether oxygens (including phenoxy) is 2. The van der Waals surface area contributed by atoms with Gasteiger partial charge in [0.2, 0.25) is 0 Å². The van der Waals surface area contributed by atoms with Crippen LogP contribution >= 0.6 is 0 Å². The molecule has 180 valence electrons. The van der Waals surface area contributed by atoms with Crippen LogP contribution in [0, 0.1) is 5.82 Å². The highest BCUT2D eigenvalue weighted by Crippen LogP contribution is 2.34. The highest BCUT2D eigenvalue weighted by atomic mass is 19.1. The SMILES string of the molecule is O=C1COc2ccc(N3C[C@H](CCNCC4Cn5c(=O)ccc6ncc(F)c4c65)OC3=O)cc2N1. The highest BCUT2D eigenvalue weighted by Gasteiger charge is 2.33. The van der Waals surface area contributed by atoms with Gasteiger partial charge in [-0.25, -0.2) is 9.18 Å². The van der Waals surface area contributed by atoms with Gasteiger partial charge in [-0.2, -0.15) is 0 Å². The Kier molecular flexibility index (Phi) is 5.14. The maximum absolute atomic E-state index is 14.6. The van der Waals surface area contributed by atoms with E-state index in [-0.39, 0.29) is 30.1 Å². The molecule has 35 heavy (non-hydrogen) atoms. The third-order valence-electron chi connectivity index (χ3n) is 6.62. The van der Waals surface area contributed by atoms with Crippen molar-refractivity contribution in [2.45, 2.75) is 25.0 Å². The third kappa shape index (κ3) is 3.77. The summed E-state index contributed by atoms with van der Waals surface area (Å²) in [6.45, 7) is 1.77. The lowest BCUT2D eigenvalue weighted by molar-refractivity contribution is -0.118. The molecule has 0 saturated carbocycles. The molecule has 1 unspecified atom stereocenters. The van der Waals surface area contributed by atoms with Gasteiger partial charge in [0, 0.05) is 36.3 Å². The first-order chi connectivity index (χ1) is 17.0. The number of amides is 2. The number of hydrogen-bond acceptors (Lipinski definition) is 7. The largest absolute Gasteiger partial charge is 0.482 e. The average molecular weight is 479 g/mol. The van der Waals surface area contributed by atoms with E-state index in [1.54, 1.807) is 28.8 Å². The van der Waals surface area contributed by atoms with Crippen LogP contribution in [0.3, 0.4) is 0 Å². The van der Waals surface area contributed by atoms with E-state index in [4.69, 9.17) is 9.47 Å². The van der Waals surface area contributed by atoms with Gasteiger partial charge in [-0.1, -0.05) is 0 Å². The molecule has 11 heteroatoms. The summed E-state index contributed by atoms with van der Waals surface area (Å²) in [5.74, 6) is -0.287. The number of benzene rings is 1. The number of anilines is 2. The van der Waals surface area contributed by atoms with Gasteiger partial charge < -0.3 is 24.7 Å². The van der Waals surface area contributed by atoms with Crippen molar-refractivity contribution in [1.82, 2.24) is 14.9 Å². The number of halogens is 1. The Hall–Kier alpha value is -3.99. The van der Waals surface area contributed by atoms with E-state index in [1.165, 1.54) is 17.2 Å². The number of carbonyl (C=O) groups is 2. The van der Waals surface area contributed by atoms with Gasteiger partial charge in [-0.3, -0.25) is 19.5 Å². The smallest absolute Gasteiger partial charge is 0.414 e. The van der Waals surface area contributed by atoms with Gasteiger partial charge in [0.05, 0.1) is 29.5 Å². The monoisotopic (exact) mass is 479 g/mol. The zero-order chi connectivity index (χ0) is 24.1. The molecule has 2 atom stereocenters. The lowest BCUT2D eigenvalue weighted by Gasteiger charge is -2.20. The number of nitrogens with one attached hydrogen (secondary N) is 2. The summed E-state index contributed by atoms with van der Waals surface area (Å²) in [5, 5.41) is 6.05. The second-order valence-corrected chi connectivity index (χ2v) is 8.86. The van der Waals surface area contributed by atoms with Crippen molar-refractivity contribution >= 4 is 34.4 Å². The van der Waals surface area contributed by atoms with Crippen LogP contribution in [0.5, 0.6) is 5.75 Å². The molecule has 0 spiro atoms. The minimum atomic E-state index is -0.454. The predicted octanol–water partition coefficient (Wildman–Crippen LogP) is 1.97. The molecular weight excluding hydrogens is 457 g/mol. The number of nitrogens with zero attached hydrogens (tertiary/aromatic N) is 3. The van der Waals surface area contributed by atoms with E-state index in [2.05, 4.69) is 15.6 Å². The number of pyridine rings is 2. The standard InChI is InChI=1S/C24H22FN5O5/c25-16-9-27-17-2-4-21(32)30-10-13(22(16)23(17)30)8-26-6-5-15-11-29(24(33)35-15)14-1-3-19-18(7-14)28-20(31)12-34-19/h1-4,7,9,13,15,26H,5-6,8,10-12H2,(H,28,31)/t13?,15-/m0/s1. The van der Waals surface area contributed by atoms with Crippen LogP contribution in [0.4, 0.5) is 20.6 Å². The van der Waals surface area contributed by atoms with Crippen molar-refractivity contribution in [3.8, 4) is 5.75 Å². The second kappa shape index (κ2) is 8.35. The maximum Gasteiger partial charge on any atom is 0.414 e. The van der Waals surface area contributed by atoms with Gasteiger partial charge in [-0.15, -0.1) is 0 Å². The first-order valence-corrected chi connectivity index (χ1v) is 11.4. The number of aromatic nitrogens is 2. The fraction of sp³-hybridized carbons (Fsp3) is 0.333. The summed E-state index contributed by atoms with van der Waals surface area (Å²) in [7, 11) is 0. The topological polar surface area (TPSA) is 115 Å². The molecule has 6 rings (SSSR count). The Balaban J connectivity index is 1.06. The van der Waals surface area contributed by atoms with Crippen LogP contribution in [0.25, 0.3) is 11.0 Å². The van der Waals surface area contributed by atoms with Crippen LogP contribution < -0.4 is 25.8 Å². The minimum Gasteiger partial charge on any atom is -0.482 e. The first kappa shape index (κ1) is 21.5. The molecule has 1 aromatic carbocycles. The Morgan fingerprint density at radius 3 is 2.94 bits per heavy atom. The molecule has 1 fully saturated rings. The van der Waals surface area contributed by atoms with E-state index in [1.807, 2.05) is 0 Å². The summed E-state index contributed by atoms with van der Waals surface area (Å²) in [4.78, 5) is 41.9. The minimum absolute atomic E-state index is 0.0322. The van der Waals surface area contributed by atoms with E-state index < -0.39 is 11.9 Å². The molecule has 0 aliphatic carbocycles. The van der Waals surface area contributed by atoms with Gasteiger partial charge in [0.1, 0.15) is 17.7 Å². The molecule has 3 aromatic rings. The molecule has 2 amide bonds. The summed E-state index contributed by atoms with van der Waals surface area (Å²) in [5.41, 5.74) is 2.65. The average Bonchev–Trinajstić information content (AvgIpc) is 3.42. The molecular formula is C24H22FN5O5. The molecule has 2 N–H and O–H groups in total. The summed E-state index contributed by atoms with van der Waals surface area (Å²) >= 11 is 0. The van der Waals surface area contributed by atoms with E-state index in [0.29, 0.717) is 66.3 Å². The zero-order valence-electron chi connectivity index (χ0n) is 18.6. The predicted molar refractivity (Wildman–Crippen MR) is 124 cm³/mol. The summed E-state index contributed by atoms with van der Waals surface area (Å²) in [6, 6.07) is 8.24. The first-order valence-electron chi connectivity index (χ1n) is 11.4. The van der Waals surface area contributed by atoms with Crippen molar-refractivity contribution in [1.29, 1.82) is 0 Å². The number of cyclic esters (lactones) is 1. The lowest BCUT2D eigenvalue weighted by Crippen LogP contribution is -2.29. The summed E-state index contributed by atoms with van der Waals surface area (Å²) < 4.78 is 27.0. The Morgan fingerprint density at radius 2 is 2.06 bits per heavy atom. The number of fused-ring (bicyclic) bond motifs is 1. The van der Waals surface area contributed by atoms with Crippen LogP contribution in [0.1, 0.15) is 17.9 Å². The fourth-order valence-corrected chi connectivity index (χ4v) is 4.97. The molecule has 10 nitrogen and oxygen atoms in total. The van der Waals surface area contributed by atoms with Gasteiger partial charge in [-0.05, 0) is 37.2 Å². The molecule has 5 heterocycles. The van der Waals surface area contributed by atoms with Crippen LogP contribution in [0.15, 0.2) is 41.3 Å². The summed E-state index contributed by atoms with van der Waals surface area (Å²) in [6.07, 6.45) is 1.01. The Labute approximate surface area is 198 Å². The van der Waals surface area contributed by atoms with E-state index in [9.17, 15) is 18.8 Å². The van der Waals surface area contributed by atoms with Crippen molar-refractivity contribution in [2.24, 2.45) is 0 Å². The van der Waals surface area contributed by atoms with Gasteiger partial charge in [0.15, 0.2) is 6.61 Å². The normalized spacial score (nSPS) is 20.5. The molecule has 3 aliphatic rings. The molecule has 1 saturated heterocycles. The maximum atomic E-state index is 14.6. The van der Waals surface area contributed by atoms with Crippen molar-refractivity contribution < 1.29 is 23.5 Å². The zero-order valence-corrected chi connectivity index (χ0v) is 18.6. The van der Waals surface area contributed by atoms with Crippen molar-refractivity contribution in [3.05, 3.63) is 58.3 Å². The molecule has 0 radical (unpaired) electrons. The molecule has 2 aromatic heterocycles. The third-order valence-corrected chi connectivity index (χ3v) is 6.62. The van der Waals surface area contributed by atoms with Crippen LogP contribution in [-0.2, 0) is 16.1 Å². The van der Waals surface area contributed by atoms with E-state index >= 15 is 0 Å². The van der Waals surface area contributed by atoms with Crippen LogP contribution in [0.2, 0.25) is 0 Å². The quantitative estimate of drug-likeness (QED) is 0.520. The Bertz CT molecular complexity index is 1420. The number of rotatable bonds is 6. The van der Waals surface area contributed by atoms with Crippen molar-refractivity contribution in [2.75, 3.05) is 36.5 Å². The second-order valence-electron chi connectivity index (χ2n) is 8.86.